The highest BCUT2D eigenvalue weighted by Crippen LogP contribution is 2.02. The first-order chi connectivity index (χ1) is 5.33. The average Bonchev–Trinajstić information content (AvgIpc) is 2.01. The van der Waals surface area contributed by atoms with Gasteiger partial charge in [0.1, 0.15) is 19.1 Å². The molecule has 0 spiro atoms. The number of halogens is 1. The summed E-state index contributed by atoms with van der Waals surface area (Å²) in [5, 5.41) is 0. The zero-order chi connectivity index (χ0) is 8.10. The monoisotopic (exact) mass is 157 g/mol. The minimum Gasteiger partial charge on any atom is -0.461 e. The first-order valence-electron chi connectivity index (χ1n) is 3.10. The lowest BCUT2D eigenvalue weighted by Gasteiger charge is -1.99. The summed E-state index contributed by atoms with van der Waals surface area (Å²) in [6, 6.07) is 1.64. The molecular formula is C6H8FN3O. The standard InChI is InChI=1S/C6H8FN3O/c7-2-4-11-6-9-3-1-5(8)10-6/h1,3H,2,4H2,(H2,8,9,10). The Balaban J connectivity index is 2.56. The fraction of sp³-hybridized carbons (Fsp3) is 0.333. The SMILES string of the molecule is Nc1ccnc(OCCF)n1. The lowest BCUT2D eigenvalue weighted by Crippen LogP contribution is -2.03. The summed E-state index contributed by atoms with van der Waals surface area (Å²) >= 11 is 0. The maximum Gasteiger partial charge on any atom is 0.318 e. The molecule has 1 heterocycles. The van der Waals surface area contributed by atoms with E-state index in [0.29, 0.717) is 5.82 Å². The van der Waals surface area contributed by atoms with Crippen molar-refractivity contribution >= 4 is 5.82 Å². The van der Waals surface area contributed by atoms with Gasteiger partial charge < -0.3 is 10.5 Å². The Bertz CT molecular complexity index is 231. The molecule has 0 atom stereocenters. The summed E-state index contributed by atoms with van der Waals surface area (Å²) < 4.78 is 16.3. The fourth-order valence-electron chi connectivity index (χ4n) is 0.553. The second kappa shape index (κ2) is 3.70. The van der Waals surface area contributed by atoms with E-state index in [1.807, 2.05) is 0 Å². The van der Waals surface area contributed by atoms with Crippen LogP contribution in [-0.2, 0) is 0 Å². The van der Waals surface area contributed by atoms with E-state index in [4.69, 9.17) is 10.5 Å². The molecule has 1 aromatic heterocycles. The molecule has 2 N–H and O–H groups in total. The summed E-state index contributed by atoms with van der Waals surface area (Å²) in [6.07, 6.45) is 1.45. The molecule has 1 rings (SSSR count). The fourth-order valence-corrected chi connectivity index (χ4v) is 0.553. The van der Waals surface area contributed by atoms with E-state index in [1.54, 1.807) is 0 Å². The van der Waals surface area contributed by atoms with Crippen LogP contribution < -0.4 is 10.5 Å². The van der Waals surface area contributed by atoms with E-state index in [0.717, 1.165) is 0 Å². The summed E-state index contributed by atoms with van der Waals surface area (Å²) in [5.74, 6) is 0.314. The van der Waals surface area contributed by atoms with E-state index in [9.17, 15) is 4.39 Å². The van der Waals surface area contributed by atoms with Crippen molar-refractivity contribution in [2.45, 2.75) is 0 Å². The highest BCUT2D eigenvalue weighted by molar-refractivity contribution is 5.26. The van der Waals surface area contributed by atoms with Gasteiger partial charge in [0.05, 0.1) is 0 Å². The zero-order valence-electron chi connectivity index (χ0n) is 5.83. The molecule has 0 aromatic carbocycles. The van der Waals surface area contributed by atoms with Gasteiger partial charge in [-0.25, -0.2) is 9.37 Å². The second-order valence-corrected chi connectivity index (χ2v) is 1.80. The predicted molar refractivity (Wildman–Crippen MR) is 37.9 cm³/mol. The summed E-state index contributed by atoms with van der Waals surface area (Å²) in [4.78, 5) is 7.39. The Hall–Kier alpha value is -1.39. The van der Waals surface area contributed by atoms with Crippen LogP contribution in [0.2, 0.25) is 0 Å². The highest BCUT2D eigenvalue weighted by atomic mass is 19.1. The lowest BCUT2D eigenvalue weighted by molar-refractivity contribution is 0.255. The molecule has 0 unspecified atom stereocenters. The van der Waals surface area contributed by atoms with Crippen LogP contribution in [0, 0.1) is 0 Å². The van der Waals surface area contributed by atoms with E-state index < -0.39 is 6.67 Å². The number of alkyl halides is 1. The maximum atomic E-state index is 11.6. The van der Waals surface area contributed by atoms with Crippen LogP contribution in [0.5, 0.6) is 6.01 Å². The number of ether oxygens (including phenoxy) is 1. The van der Waals surface area contributed by atoms with E-state index in [1.165, 1.54) is 12.3 Å². The van der Waals surface area contributed by atoms with Gasteiger partial charge in [-0.3, -0.25) is 0 Å². The lowest BCUT2D eigenvalue weighted by atomic mass is 10.6. The Morgan fingerprint density at radius 3 is 3.09 bits per heavy atom. The molecule has 0 bridgehead atoms. The number of anilines is 1. The third-order valence-electron chi connectivity index (χ3n) is 0.963. The molecule has 0 amide bonds. The van der Waals surface area contributed by atoms with E-state index >= 15 is 0 Å². The topological polar surface area (TPSA) is 61.0 Å². The van der Waals surface area contributed by atoms with Crippen LogP contribution in [0.4, 0.5) is 10.2 Å². The molecule has 0 aliphatic carbocycles. The number of aromatic nitrogens is 2. The number of nitrogens with two attached hydrogens (primary N) is 1. The van der Waals surface area contributed by atoms with Crippen LogP contribution in [0.25, 0.3) is 0 Å². The van der Waals surface area contributed by atoms with Crippen LogP contribution in [-0.4, -0.2) is 23.2 Å². The summed E-state index contributed by atoms with van der Waals surface area (Å²) in [6.45, 7) is -0.596. The molecule has 0 saturated carbocycles. The average molecular weight is 157 g/mol. The number of hydrogen-bond donors (Lipinski definition) is 1. The van der Waals surface area contributed by atoms with E-state index in [2.05, 4.69) is 9.97 Å². The quantitative estimate of drug-likeness (QED) is 0.690. The number of nitrogens with zero attached hydrogens (tertiary/aromatic N) is 2. The third-order valence-corrected chi connectivity index (χ3v) is 0.963. The smallest absolute Gasteiger partial charge is 0.318 e. The van der Waals surface area contributed by atoms with Crippen molar-refractivity contribution in [2.75, 3.05) is 19.0 Å². The van der Waals surface area contributed by atoms with Crippen molar-refractivity contribution in [3.8, 4) is 6.01 Å². The van der Waals surface area contributed by atoms with Crippen molar-refractivity contribution < 1.29 is 9.13 Å². The summed E-state index contributed by atoms with van der Waals surface area (Å²) in [5.41, 5.74) is 5.31. The molecule has 11 heavy (non-hydrogen) atoms. The molecule has 0 aliphatic heterocycles. The highest BCUT2D eigenvalue weighted by Gasteiger charge is 1.95. The number of rotatable bonds is 3. The van der Waals surface area contributed by atoms with Crippen molar-refractivity contribution in [1.82, 2.24) is 9.97 Å². The van der Waals surface area contributed by atoms with Gasteiger partial charge in [0.2, 0.25) is 0 Å². The largest absolute Gasteiger partial charge is 0.461 e. The van der Waals surface area contributed by atoms with E-state index in [-0.39, 0.29) is 12.6 Å². The van der Waals surface area contributed by atoms with Crippen molar-refractivity contribution in [3.63, 3.8) is 0 Å². The van der Waals surface area contributed by atoms with Gasteiger partial charge in [-0.15, -0.1) is 0 Å². The van der Waals surface area contributed by atoms with Crippen LogP contribution in [0.1, 0.15) is 0 Å². The minimum absolute atomic E-state index is 0.0382. The van der Waals surface area contributed by atoms with Crippen molar-refractivity contribution in [3.05, 3.63) is 12.3 Å². The van der Waals surface area contributed by atoms with Gasteiger partial charge in [0, 0.05) is 6.20 Å². The van der Waals surface area contributed by atoms with Gasteiger partial charge in [-0.1, -0.05) is 0 Å². The Morgan fingerprint density at radius 2 is 2.45 bits per heavy atom. The number of nitrogen functional groups attached to an aromatic ring is 1. The van der Waals surface area contributed by atoms with Gasteiger partial charge in [0.25, 0.3) is 0 Å². The Kier molecular flexibility index (Phi) is 2.59. The first kappa shape index (κ1) is 7.71. The Labute approximate surface area is 63.2 Å². The molecule has 0 aliphatic rings. The number of hydrogen-bond acceptors (Lipinski definition) is 4. The molecular weight excluding hydrogens is 149 g/mol. The minimum atomic E-state index is -0.557. The second-order valence-electron chi connectivity index (χ2n) is 1.80. The first-order valence-corrected chi connectivity index (χ1v) is 3.10. The zero-order valence-corrected chi connectivity index (χ0v) is 5.83. The normalized spacial score (nSPS) is 9.55. The van der Waals surface area contributed by atoms with Crippen molar-refractivity contribution in [2.24, 2.45) is 0 Å². The van der Waals surface area contributed by atoms with Gasteiger partial charge >= 0.3 is 6.01 Å². The van der Waals surface area contributed by atoms with Crippen LogP contribution in [0.15, 0.2) is 12.3 Å². The van der Waals surface area contributed by atoms with Crippen LogP contribution in [0.3, 0.4) is 0 Å². The molecule has 0 radical (unpaired) electrons. The van der Waals surface area contributed by atoms with Gasteiger partial charge in [0.15, 0.2) is 0 Å². The molecule has 0 fully saturated rings. The summed E-state index contributed by atoms with van der Waals surface area (Å²) in [7, 11) is 0. The Morgan fingerprint density at radius 1 is 1.64 bits per heavy atom. The molecule has 4 nitrogen and oxygen atoms in total. The predicted octanol–water partition coefficient (Wildman–Crippen LogP) is 0.407. The molecule has 60 valence electrons. The molecule has 1 aromatic rings. The van der Waals surface area contributed by atoms with Gasteiger partial charge in [-0.05, 0) is 6.07 Å². The molecule has 5 heteroatoms. The maximum absolute atomic E-state index is 11.6. The third kappa shape index (κ3) is 2.37. The molecule has 0 saturated heterocycles. The van der Waals surface area contributed by atoms with Crippen molar-refractivity contribution in [1.29, 1.82) is 0 Å². The van der Waals surface area contributed by atoms with Gasteiger partial charge in [-0.2, -0.15) is 4.98 Å². The van der Waals surface area contributed by atoms with Crippen LogP contribution >= 0.6 is 0 Å².